The van der Waals surface area contributed by atoms with Crippen molar-refractivity contribution < 1.29 is 9.50 Å². The molecule has 1 heterocycles. The summed E-state index contributed by atoms with van der Waals surface area (Å²) in [5.74, 6) is 0.441. The number of hydrogen-bond acceptors (Lipinski definition) is 3. The van der Waals surface area contributed by atoms with Gasteiger partial charge in [-0.3, -0.25) is 0 Å². The van der Waals surface area contributed by atoms with E-state index in [1.165, 1.54) is 44.5 Å². The maximum atomic E-state index is 12.8. The number of hydrogen-bond donors (Lipinski definition) is 2. The molecule has 1 saturated carbocycles. The first kappa shape index (κ1) is 14.0. The van der Waals surface area contributed by atoms with Gasteiger partial charge < -0.3 is 15.3 Å². The lowest BCUT2D eigenvalue weighted by Gasteiger charge is -2.16. The number of nitrogens with zero attached hydrogens (tertiary/aromatic N) is 1. The third-order valence-corrected chi connectivity index (χ3v) is 4.41. The molecular formula is C16H23FN2O. The highest BCUT2D eigenvalue weighted by molar-refractivity contribution is 5.18. The van der Waals surface area contributed by atoms with Crippen molar-refractivity contribution in [3.05, 3.63) is 35.6 Å². The van der Waals surface area contributed by atoms with Gasteiger partial charge in [-0.15, -0.1) is 0 Å². The van der Waals surface area contributed by atoms with Crippen LogP contribution >= 0.6 is 0 Å². The Morgan fingerprint density at radius 3 is 2.70 bits per heavy atom. The molecule has 1 aliphatic heterocycles. The zero-order valence-corrected chi connectivity index (χ0v) is 11.8. The molecule has 0 aromatic heterocycles. The third-order valence-electron chi connectivity index (χ3n) is 4.41. The fraction of sp³-hybridized carbons (Fsp3) is 0.625. The molecule has 2 aliphatic rings. The molecule has 2 atom stereocenters. The van der Waals surface area contributed by atoms with Crippen LogP contribution < -0.4 is 5.32 Å². The summed E-state index contributed by atoms with van der Waals surface area (Å²) in [6.45, 7) is 3.93. The van der Waals surface area contributed by atoms with E-state index in [1.807, 2.05) is 0 Å². The second kappa shape index (κ2) is 6.20. The van der Waals surface area contributed by atoms with E-state index >= 15 is 0 Å². The molecule has 0 bridgehead atoms. The number of nitrogens with one attached hydrogen (secondary N) is 1. The lowest BCUT2D eigenvalue weighted by atomic mass is 10.1. The van der Waals surface area contributed by atoms with E-state index in [0.717, 1.165) is 18.2 Å². The molecule has 2 unspecified atom stereocenters. The molecule has 1 aliphatic carbocycles. The van der Waals surface area contributed by atoms with E-state index in [1.54, 1.807) is 12.1 Å². The first-order chi connectivity index (χ1) is 9.72. The molecule has 2 fully saturated rings. The van der Waals surface area contributed by atoms with Crippen LogP contribution in [0, 0.1) is 11.7 Å². The van der Waals surface area contributed by atoms with E-state index in [2.05, 4.69) is 10.2 Å². The first-order valence-electron chi connectivity index (χ1n) is 7.60. The molecule has 3 nitrogen and oxygen atoms in total. The van der Waals surface area contributed by atoms with Gasteiger partial charge in [0.2, 0.25) is 0 Å². The van der Waals surface area contributed by atoms with Gasteiger partial charge in [0.1, 0.15) is 5.82 Å². The average molecular weight is 278 g/mol. The zero-order chi connectivity index (χ0) is 13.9. The Balaban J connectivity index is 1.38. The SMILES string of the molecule is OC(CNCC1CCN(C2CC2)C1)c1ccc(F)cc1. The van der Waals surface area contributed by atoms with Crippen molar-refractivity contribution in [1.29, 1.82) is 0 Å². The van der Waals surface area contributed by atoms with Gasteiger partial charge in [0.15, 0.2) is 0 Å². The predicted octanol–water partition coefficient (Wildman–Crippen LogP) is 1.93. The largest absolute Gasteiger partial charge is 0.387 e. The molecular weight excluding hydrogens is 255 g/mol. The van der Waals surface area contributed by atoms with Gasteiger partial charge in [-0.05, 0) is 56.0 Å². The van der Waals surface area contributed by atoms with E-state index in [9.17, 15) is 9.50 Å². The highest BCUT2D eigenvalue weighted by Gasteiger charge is 2.34. The Kier molecular flexibility index (Phi) is 4.34. The summed E-state index contributed by atoms with van der Waals surface area (Å²) in [6.07, 6.45) is 3.46. The Labute approximate surface area is 119 Å². The van der Waals surface area contributed by atoms with Crippen molar-refractivity contribution in [2.45, 2.75) is 31.4 Å². The topological polar surface area (TPSA) is 35.5 Å². The molecule has 0 spiro atoms. The smallest absolute Gasteiger partial charge is 0.123 e. The van der Waals surface area contributed by atoms with Crippen molar-refractivity contribution in [3.63, 3.8) is 0 Å². The zero-order valence-electron chi connectivity index (χ0n) is 11.8. The third kappa shape index (κ3) is 3.57. The molecule has 3 rings (SSSR count). The summed E-state index contributed by atoms with van der Waals surface area (Å²) >= 11 is 0. The summed E-state index contributed by atoms with van der Waals surface area (Å²) in [4.78, 5) is 2.60. The van der Waals surface area contributed by atoms with Crippen LogP contribution in [0.15, 0.2) is 24.3 Å². The highest BCUT2D eigenvalue weighted by atomic mass is 19.1. The monoisotopic (exact) mass is 278 g/mol. The second-order valence-electron chi connectivity index (χ2n) is 6.11. The summed E-state index contributed by atoms with van der Waals surface area (Å²) in [7, 11) is 0. The number of aliphatic hydroxyl groups excluding tert-OH is 1. The van der Waals surface area contributed by atoms with E-state index in [4.69, 9.17) is 0 Å². The minimum Gasteiger partial charge on any atom is -0.387 e. The van der Waals surface area contributed by atoms with Crippen LogP contribution in [0.3, 0.4) is 0 Å². The standard InChI is InChI=1S/C16H23FN2O/c17-14-3-1-13(2-4-14)16(20)10-18-9-12-7-8-19(11-12)15-5-6-15/h1-4,12,15-16,18,20H,5-11H2. The summed E-state index contributed by atoms with van der Waals surface area (Å²) in [5, 5.41) is 13.4. The minimum atomic E-state index is -0.559. The molecule has 1 aromatic rings. The fourth-order valence-electron chi connectivity index (χ4n) is 3.03. The maximum absolute atomic E-state index is 12.8. The molecule has 2 N–H and O–H groups in total. The van der Waals surface area contributed by atoms with Crippen molar-refractivity contribution >= 4 is 0 Å². The predicted molar refractivity (Wildman–Crippen MR) is 76.9 cm³/mol. The lowest BCUT2D eigenvalue weighted by Crippen LogP contribution is -2.30. The second-order valence-corrected chi connectivity index (χ2v) is 6.11. The molecule has 0 radical (unpaired) electrons. The molecule has 20 heavy (non-hydrogen) atoms. The molecule has 1 aromatic carbocycles. The number of halogens is 1. The van der Waals surface area contributed by atoms with Crippen LogP contribution in [0.1, 0.15) is 30.9 Å². The summed E-state index contributed by atoms with van der Waals surface area (Å²) in [5.41, 5.74) is 0.768. The number of likely N-dealkylation sites (tertiary alicyclic amines) is 1. The Hall–Kier alpha value is -0.970. The Morgan fingerprint density at radius 2 is 2.00 bits per heavy atom. The van der Waals surface area contributed by atoms with E-state index in [-0.39, 0.29) is 5.82 Å². The van der Waals surface area contributed by atoms with Gasteiger partial charge in [-0.25, -0.2) is 4.39 Å². The van der Waals surface area contributed by atoms with Crippen molar-refractivity contribution in [2.75, 3.05) is 26.2 Å². The molecule has 4 heteroatoms. The lowest BCUT2D eigenvalue weighted by molar-refractivity contribution is 0.172. The average Bonchev–Trinajstić information content (AvgIpc) is 3.20. The van der Waals surface area contributed by atoms with Gasteiger partial charge in [-0.1, -0.05) is 12.1 Å². The van der Waals surface area contributed by atoms with E-state index in [0.29, 0.717) is 12.5 Å². The summed E-state index contributed by atoms with van der Waals surface area (Å²) in [6, 6.07) is 6.94. The van der Waals surface area contributed by atoms with Crippen LogP contribution in [0.5, 0.6) is 0 Å². The Morgan fingerprint density at radius 1 is 1.25 bits per heavy atom. The number of aliphatic hydroxyl groups is 1. The minimum absolute atomic E-state index is 0.264. The molecule has 110 valence electrons. The Bertz CT molecular complexity index is 433. The fourth-order valence-corrected chi connectivity index (χ4v) is 3.03. The van der Waals surface area contributed by atoms with Crippen LogP contribution in [-0.4, -0.2) is 42.2 Å². The van der Waals surface area contributed by atoms with Crippen LogP contribution in [0.2, 0.25) is 0 Å². The van der Waals surface area contributed by atoms with Gasteiger partial charge in [0.05, 0.1) is 6.10 Å². The highest BCUT2D eigenvalue weighted by Crippen LogP contribution is 2.31. The van der Waals surface area contributed by atoms with Crippen LogP contribution in [-0.2, 0) is 0 Å². The normalized spacial score (nSPS) is 25.0. The van der Waals surface area contributed by atoms with Gasteiger partial charge >= 0.3 is 0 Å². The summed E-state index contributed by atoms with van der Waals surface area (Å²) < 4.78 is 12.8. The molecule has 0 amide bonds. The number of benzene rings is 1. The molecule has 1 saturated heterocycles. The maximum Gasteiger partial charge on any atom is 0.123 e. The first-order valence-corrected chi connectivity index (χ1v) is 7.60. The van der Waals surface area contributed by atoms with Gasteiger partial charge in [0.25, 0.3) is 0 Å². The van der Waals surface area contributed by atoms with Crippen LogP contribution in [0.25, 0.3) is 0 Å². The van der Waals surface area contributed by atoms with Crippen molar-refractivity contribution in [3.8, 4) is 0 Å². The van der Waals surface area contributed by atoms with Crippen molar-refractivity contribution in [2.24, 2.45) is 5.92 Å². The van der Waals surface area contributed by atoms with Crippen molar-refractivity contribution in [1.82, 2.24) is 10.2 Å². The number of rotatable bonds is 6. The van der Waals surface area contributed by atoms with Gasteiger partial charge in [0, 0.05) is 19.1 Å². The van der Waals surface area contributed by atoms with E-state index < -0.39 is 6.10 Å². The van der Waals surface area contributed by atoms with Gasteiger partial charge in [-0.2, -0.15) is 0 Å². The van der Waals surface area contributed by atoms with Crippen LogP contribution in [0.4, 0.5) is 4.39 Å². The quantitative estimate of drug-likeness (QED) is 0.834.